The second-order valence-electron chi connectivity index (χ2n) is 5.80. The van der Waals surface area contributed by atoms with E-state index < -0.39 is 12.1 Å². The molecule has 0 spiro atoms. The summed E-state index contributed by atoms with van der Waals surface area (Å²) in [6, 6.07) is 0.483. The first-order chi connectivity index (χ1) is 8.49. The fourth-order valence-corrected chi connectivity index (χ4v) is 2.30. The Kier molecular flexibility index (Phi) is 6.65. The zero-order valence-corrected chi connectivity index (χ0v) is 11.8. The summed E-state index contributed by atoms with van der Waals surface area (Å²) in [6.07, 6.45) is 4.66. The van der Waals surface area contributed by atoms with E-state index in [1.807, 2.05) is 0 Å². The summed E-state index contributed by atoms with van der Waals surface area (Å²) in [4.78, 5) is 10.7. The summed E-state index contributed by atoms with van der Waals surface area (Å²) in [5.74, 6) is -0.0610. The maximum absolute atomic E-state index is 10.7. The molecule has 1 saturated heterocycles. The molecular weight excluding hydrogens is 230 g/mol. The van der Waals surface area contributed by atoms with Crippen molar-refractivity contribution in [2.45, 2.75) is 71.1 Å². The topological polar surface area (TPSA) is 58.6 Å². The summed E-state index contributed by atoms with van der Waals surface area (Å²) in [6.45, 7) is 7.45. The van der Waals surface area contributed by atoms with Crippen molar-refractivity contribution >= 4 is 5.97 Å². The molecule has 4 heteroatoms. The van der Waals surface area contributed by atoms with Gasteiger partial charge in [0.1, 0.15) is 0 Å². The number of carboxylic acid groups (broad SMARTS) is 1. The molecule has 0 bridgehead atoms. The van der Waals surface area contributed by atoms with Crippen LogP contribution in [0.15, 0.2) is 0 Å². The van der Waals surface area contributed by atoms with Crippen LogP contribution in [0, 0.1) is 5.92 Å². The highest BCUT2D eigenvalue weighted by molar-refractivity contribution is 5.72. The van der Waals surface area contributed by atoms with Gasteiger partial charge < -0.3 is 15.2 Å². The van der Waals surface area contributed by atoms with E-state index in [1.54, 1.807) is 0 Å². The predicted molar refractivity (Wildman–Crippen MR) is 71.7 cm³/mol. The van der Waals surface area contributed by atoms with Gasteiger partial charge in [-0.2, -0.15) is 0 Å². The Balaban J connectivity index is 2.08. The van der Waals surface area contributed by atoms with Gasteiger partial charge in [0, 0.05) is 12.6 Å². The van der Waals surface area contributed by atoms with Crippen molar-refractivity contribution in [3.63, 3.8) is 0 Å². The molecule has 1 aliphatic heterocycles. The van der Waals surface area contributed by atoms with E-state index in [4.69, 9.17) is 9.84 Å². The molecule has 0 aromatic carbocycles. The van der Waals surface area contributed by atoms with E-state index >= 15 is 0 Å². The van der Waals surface area contributed by atoms with Gasteiger partial charge in [-0.1, -0.05) is 26.7 Å². The number of ether oxygens (including phenoxy) is 1. The molecule has 0 radical (unpaired) electrons. The average molecular weight is 257 g/mol. The van der Waals surface area contributed by atoms with Gasteiger partial charge in [0.15, 0.2) is 6.10 Å². The smallest absolute Gasteiger partial charge is 0.332 e. The van der Waals surface area contributed by atoms with E-state index in [0.717, 1.165) is 18.9 Å². The van der Waals surface area contributed by atoms with Crippen molar-refractivity contribution in [3.05, 3.63) is 0 Å². The fraction of sp³-hybridized carbons (Fsp3) is 0.929. The quantitative estimate of drug-likeness (QED) is 0.701. The largest absolute Gasteiger partial charge is 0.479 e. The second-order valence-corrected chi connectivity index (χ2v) is 5.80. The summed E-state index contributed by atoms with van der Waals surface area (Å²) < 4.78 is 5.45. The van der Waals surface area contributed by atoms with Crippen LogP contribution >= 0.6 is 0 Å². The van der Waals surface area contributed by atoms with Crippen LogP contribution in [0.5, 0.6) is 0 Å². The zero-order valence-electron chi connectivity index (χ0n) is 11.8. The lowest BCUT2D eigenvalue weighted by Crippen LogP contribution is -2.34. The first-order valence-corrected chi connectivity index (χ1v) is 7.10. The van der Waals surface area contributed by atoms with Crippen molar-refractivity contribution in [1.29, 1.82) is 0 Å². The molecule has 2 N–H and O–H groups in total. The van der Waals surface area contributed by atoms with Gasteiger partial charge in [0.2, 0.25) is 0 Å². The Morgan fingerprint density at radius 3 is 2.61 bits per heavy atom. The lowest BCUT2D eigenvalue weighted by Gasteiger charge is -2.17. The van der Waals surface area contributed by atoms with Gasteiger partial charge >= 0.3 is 5.97 Å². The molecule has 4 nitrogen and oxygen atoms in total. The van der Waals surface area contributed by atoms with Crippen LogP contribution in [0.1, 0.15) is 52.9 Å². The molecule has 0 amide bonds. The van der Waals surface area contributed by atoms with Crippen molar-refractivity contribution in [2.75, 3.05) is 6.54 Å². The lowest BCUT2D eigenvalue weighted by atomic mass is 10.0. The molecule has 1 rings (SSSR count). The minimum Gasteiger partial charge on any atom is -0.479 e. The normalized spacial score (nSPS) is 25.6. The number of hydrogen-bond donors (Lipinski definition) is 2. The minimum atomic E-state index is -0.831. The van der Waals surface area contributed by atoms with Crippen molar-refractivity contribution < 1.29 is 14.6 Å². The first-order valence-electron chi connectivity index (χ1n) is 7.10. The second kappa shape index (κ2) is 7.74. The predicted octanol–water partition coefficient (Wildman–Crippen LogP) is 2.42. The molecule has 0 saturated carbocycles. The highest BCUT2D eigenvalue weighted by Crippen LogP contribution is 2.19. The number of nitrogens with one attached hydrogen (secondary N) is 1. The maximum atomic E-state index is 10.7. The highest BCUT2D eigenvalue weighted by atomic mass is 16.5. The molecule has 0 aromatic rings. The molecule has 106 valence electrons. The van der Waals surface area contributed by atoms with Crippen LogP contribution < -0.4 is 5.32 Å². The van der Waals surface area contributed by atoms with Gasteiger partial charge in [-0.25, -0.2) is 4.79 Å². The van der Waals surface area contributed by atoms with Gasteiger partial charge in [0.25, 0.3) is 0 Å². The molecule has 18 heavy (non-hydrogen) atoms. The molecule has 1 aliphatic rings. The fourth-order valence-electron chi connectivity index (χ4n) is 2.30. The van der Waals surface area contributed by atoms with Crippen LogP contribution in [0.25, 0.3) is 0 Å². The van der Waals surface area contributed by atoms with E-state index in [1.165, 1.54) is 19.3 Å². The third kappa shape index (κ3) is 5.83. The van der Waals surface area contributed by atoms with Gasteiger partial charge in [-0.3, -0.25) is 0 Å². The standard InChI is InChI=1S/C14H27NO3/c1-10(2)5-4-6-11(3)15-9-12-7-8-13(18-12)14(16)17/h10-13,15H,4-9H2,1-3H3,(H,16,17). The van der Waals surface area contributed by atoms with Crippen LogP contribution in [-0.4, -0.2) is 35.9 Å². The summed E-state index contributed by atoms with van der Waals surface area (Å²) in [7, 11) is 0. The minimum absolute atomic E-state index is 0.0682. The summed E-state index contributed by atoms with van der Waals surface area (Å²) >= 11 is 0. The molecule has 3 unspecified atom stereocenters. The highest BCUT2D eigenvalue weighted by Gasteiger charge is 2.30. The first kappa shape index (κ1) is 15.4. The van der Waals surface area contributed by atoms with Crippen molar-refractivity contribution in [1.82, 2.24) is 5.32 Å². The van der Waals surface area contributed by atoms with Gasteiger partial charge in [0.05, 0.1) is 6.10 Å². The van der Waals surface area contributed by atoms with Crippen LogP contribution in [0.4, 0.5) is 0 Å². The lowest BCUT2D eigenvalue weighted by molar-refractivity contribution is -0.149. The Morgan fingerprint density at radius 1 is 1.33 bits per heavy atom. The van der Waals surface area contributed by atoms with Crippen LogP contribution in [-0.2, 0) is 9.53 Å². The summed E-state index contributed by atoms with van der Waals surface area (Å²) in [5, 5.41) is 12.3. The number of carbonyl (C=O) groups is 1. The van der Waals surface area contributed by atoms with Crippen LogP contribution in [0.3, 0.4) is 0 Å². The SMILES string of the molecule is CC(C)CCCC(C)NCC1CCC(C(=O)O)O1. The van der Waals surface area contributed by atoms with E-state index in [2.05, 4.69) is 26.1 Å². The number of carboxylic acids is 1. The van der Waals surface area contributed by atoms with Gasteiger partial charge in [-0.05, 0) is 32.1 Å². The number of hydrogen-bond acceptors (Lipinski definition) is 3. The molecule has 1 heterocycles. The third-order valence-corrected chi connectivity index (χ3v) is 3.50. The van der Waals surface area contributed by atoms with Crippen molar-refractivity contribution in [3.8, 4) is 0 Å². The van der Waals surface area contributed by atoms with Crippen molar-refractivity contribution in [2.24, 2.45) is 5.92 Å². The molecule has 1 fully saturated rings. The summed E-state index contributed by atoms with van der Waals surface area (Å²) in [5.41, 5.74) is 0. The number of aliphatic carboxylic acids is 1. The van der Waals surface area contributed by atoms with Crippen LogP contribution in [0.2, 0.25) is 0 Å². The Labute approximate surface area is 110 Å². The Morgan fingerprint density at radius 2 is 2.06 bits per heavy atom. The third-order valence-electron chi connectivity index (χ3n) is 3.50. The molecular formula is C14H27NO3. The Hall–Kier alpha value is -0.610. The molecule has 0 aliphatic carbocycles. The van der Waals surface area contributed by atoms with E-state index in [-0.39, 0.29) is 6.10 Å². The maximum Gasteiger partial charge on any atom is 0.332 e. The zero-order chi connectivity index (χ0) is 13.5. The molecule has 3 atom stereocenters. The number of rotatable bonds is 8. The van der Waals surface area contributed by atoms with E-state index in [9.17, 15) is 4.79 Å². The van der Waals surface area contributed by atoms with Gasteiger partial charge in [-0.15, -0.1) is 0 Å². The van der Waals surface area contributed by atoms with E-state index in [0.29, 0.717) is 12.5 Å². The Bertz CT molecular complexity index is 255. The average Bonchev–Trinajstić information content (AvgIpc) is 2.74. The molecule has 0 aromatic heterocycles. The monoisotopic (exact) mass is 257 g/mol.